The molecule has 4 atom stereocenters. The lowest BCUT2D eigenvalue weighted by Crippen LogP contribution is -2.44. The third-order valence-corrected chi connectivity index (χ3v) is 8.36. The Morgan fingerprint density at radius 3 is 2.43 bits per heavy atom. The van der Waals surface area contributed by atoms with Crippen LogP contribution in [0.2, 0.25) is 0 Å². The molecule has 4 aliphatic rings. The third kappa shape index (κ3) is 4.67. The van der Waals surface area contributed by atoms with Crippen molar-refractivity contribution in [2.24, 2.45) is 34.4 Å². The monoisotopic (exact) mass is 416 g/mol. The first-order chi connectivity index (χ1) is 14.5. The Kier molecular flexibility index (Phi) is 6.69. The smallest absolute Gasteiger partial charge is 0.257 e. The number of nitrogens with zero attached hydrogens (tertiary/aromatic N) is 2. The van der Waals surface area contributed by atoms with Crippen molar-refractivity contribution in [1.82, 2.24) is 10.2 Å². The van der Waals surface area contributed by atoms with E-state index < -0.39 is 5.54 Å². The molecular formula is C24H40N4O2. The van der Waals surface area contributed by atoms with Gasteiger partial charge in [0.15, 0.2) is 5.96 Å². The Labute approximate surface area is 181 Å². The molecule has 0 aromatic carbocycles. The highest BCUT2D eigenvalue weighted by molar-refractivity contribution is 6.06. The van der Waals surface area contributed by atoms with Gasteiger partial charge in [0.2, 0.25) is 5.91 Å². The van der Waals surface area contributed by atoms with E-state index in [0.29, 0.717) is 17.8 Å². The lowest BCUT2D eigenvalue weighted by Gasteiger charge is -2.36. The molecule has 6 nitrogen and oxygen atoms in total. The van der Waals surface area contributed by atoms with Crippen LogP contribution in [-0.4, -0.2) is 41.8 Å². The van der Waals surface area contributed by atoms with Crippen molar-refractivity contribution < 1.29 is 9.59 Å². The zero-order valence-electron chi connectivity index (χ0n) is 18.7. The normalized spacial score (nSPS) is 35.6. The van der Waals surface area contributed by atoms with E-state index in [9.17, 15) is 9.59 Å². The number of nitrogens with two attached hydrogens (primary N) is 1. The van der Waals surface area contributed by atoms with Crippen molar-refractivity contribution >= 4 is 17.8 Å². The molecule has 0 bridgehead atoms. The average molecular weight is 417 g/mol. The molecule has 0 spiro atoms. The molecule has 168 valence electrons. The molecule has 1 unspecified atom stereocenters. The number of guanidine groups is 1. The summed E-state index contributed by atoms with van der Waals surface area (Å²) < 4.78 is 0. The van der Waals surface area contributed by atoms with Crippen LogP contribution in [-0.2, 0) is 9.59 Å². The Bertz CT molecular complexity index is 672. The summed E-state index contributed by atoms with van der Waals surface area (Å²) >= 11 is 0. The van der Waals surface area contributed by atoms with Crippen LogP contribution in [0.15, 0.2) is 4.99 Å². The van der Waals surface area contributed by atoms with Crippen molar-refractivity contribution in [3.63, 3.8) is 0 Å². The number of aliphatic imine (C=N–C) groups is 1. The van der Waals surface area contributed by atoms with Crippen molar-refractivity contribution in [3.8, 4) is 0 Å². The van der Waals surface area contributed by atoms with Gasteiger partial charge in [0.25, 0.3) is 5.91 Å². The van der Waals surface area contributed by atoms with Crippen LogP contribution in [0, 0.1) is 23.7 Å². The number of nitrogens with one attached hydrogen (secondary N) is 1. The highest BCUT2D eigenvalue weighted by Gasteiger charge is 2.48. The first kappa shape index (κ1) is 21.6. The lowest BCUT2D eigenvalue weighted by atomic mass is 9.71. The Morgan fingerprint density at radius 1 is 1.03 bits per heavy atom. The summed E-state index contributed by atoms with van der Waals surface area (Å²) in [5.41, 5.74) is 5.47. The van der Waals surface area contributed by atoms with Gasteiger partial charge < -0.3 is 11.1 Å². The zero-order valence-corrected chi connectivity index (χ0v) is 18.7. The van der Waals surface area contributed by atoms with E-state index in [1.807, 2.05) is 0 Å². The standard InChI is InChI=1S/C24H40N4O2/c1-28-22(30)24(27-23(28)25,12-10-17-6-3-2-4-7-17)16-19-9-5-8-18(14-19)15-20-11-13-26-21(20)29/h17-20H,2-16H2,1H3,(H2,25,27)(H,26,29)/t18-,19-,20?,24+/m0/s1. The molecule has 2 aliphatic heterocycles. The van der Waals surface area contributed by atoms with Crippen molar-refractivity contribution in [2.75, 3.05) is 13.6 Å². The van der Waals surface area contributed by atoms with E-state index in [0.717, 1.165) is 51.0 Å². The second-order valence-corrected chi connectivity index (χ2v) is 10.5. The largest absolute Gasteiger partial charge is 0.369 e. The number of hydrogen-bond donors (Lipinski definition) is 2. The Hall–Kier alpha value is -1.59. The summed E-state index contributed by atoms with van der Waals surface area (Å²) in [6.45, 7) is 0.832. The van der Waals surface area contributed by atoms with E-state index in [-0.39, 0.29) is 17.7 Å². The number of carbonyl (C=O) groups excluding carboxylic acids is 2. The Morgan fingerprint density at radius 2 is 1.77 bits per heavy atom. The number of amides is 2. The second kappa shape index (κ2) is 9.27. The molecule has 2 aliphatic carbocycles. The molecule has 0 aromatic heterocycles. The van der Waals surface area contributed by atoms with E-state index in [1.54, 1.807) is 11.9 Å². The predicted molar refractivity (Wildman–Crippen MR) is 119 cm³/mol. The summed E-state index contributed by atoms with van der Waals surface area (Å²) in [6.07, 6.45) is 16.1. The Balaban J connectivity index is 1.40. The lowest BCUT2D eigenvalue weighted by molar-refractivity contribution is -0.131. The maximum atomic E-state index is 13.3. The summed E-state index contributed by atoms with van der Waals surface area (Å²) in [4.78, 5) is 31.7. The number of carbonyl (C=O) groups is 2. The minimum absolute atomic E-state index is 0.105. The maximum Gasteiger partial charge on any atom is 0.257 e. The average Bonchev–Trinajstić information content (AvgIpc) is 3.24. The highest BCUT2D eigenvalue weighted by Crippen LogP contribution is 2.43. The van der Waals surface area contributed by atoms with Crippen LogP contribution in [0.4, 0.5) is 0 Å². The molecule has 30 heavy (non-hydrogen) atoms. The van der Waals surface area contributed by atoms with E-state index in [1.165, 1.54) is 51.4 Å². The summed E-state index contributed by atoms with van der Waals surface area (Å²) in [6, 6.07) is 0. The van der Waals surface area contributed by atoms with Crippen LogP contribution in [0.1, 0.15) is 89.9 Å². The zero-order chi connectivity index (χ0) is 21.1. The fourth-order valence-electron chi connectivity index (χ4n) is 6.63. The third-order valence-electron chi connectivity index (χ3n) is 8.36. The van der Waals surface area contributed by atoms with E-state index in [2.05, 4.69) is 5.32 Å². The topological polar surface area (TPSA) is 87.8 Å². The van der Waals surface area contributed by atoms with Gasteiger partial charge in [-0.15, -0.1) is 0 Å². The molecule has 0 aromatic rings. The molecule has 6 heteroatoms. The molecule has 3 fully saturated rings. The van der Waals surface area contributed by atoms with Gasteiger partial charge in [-0.3, -0.25) is 14.5 Å². The molecule has 0 radical (unpaired) electrons. The first-order valence-corrected chi connectivity index (χ1v) is 12.4. The van der Waals surface area contributed by atoms with Gasteiger partial charge in [-0.25, -0.2) is 4.99 Å². The first-order valence-electron chi connectivity index (χ1n) is 12.4. The van der Waals surface area contributed by atoms with Gasteiger partial charge in [0, 0.05) is 19.5 Å². The fraction of sp³-hybridized carbons (Fsp3) is 0.875. The van der Waals surface area contributed by atoms with Crippen molar-refractivity contribution in [3.05, 3.63) is 0 Å². The molecule has 2 saturated carbocycles. The van der Waals surface area contributed by atoms with Gasteiger partial charge in [-0.2, -0.15) is 0 Å². The van der Waals surface area contributed by atoms with Gasteiger partial charge in [-0.05, 0) is 56.3 Å². The van der Waals surface area contributed by atoms with Crippen LogP contribution < -0.4 is 11.1 Å². The molecule has 2 amide bonds. The van der Waals surface area contributed by atoms with E-state index >= 15 is 0 Å². The maximum absolute atomic E-state index is 13.3. The van der Waals surface area contributed by atoms with Crippen LogP contribution in [0.25, 0.3) is 0 Å². The van der Waals surface area contributed by atoms with Gasteiger partial charge >= 0.3 is 0 Å². The summed E-state index contributed by atoms with van der Waals surface area (Å²) in [7, 11) is 1.77. The SMILES string of the molecule is CN1C(=O)[C@@](CCC2CCCCC2)(C[C@H]2CCC[C@H](CC3CCNC3=O)C2)N=C1N. The molecule has 1 saturated heterocycles. The number of hydrogen-bond acceptors (Lipinski definition) is 4. The van der Waals surface area contributed by atoms with Crippen molar-refractivity contribution in [1.29, 1.82) is 0 Å². The molecule has 2 heterocycles. The van der Waals surface area contributed by atoms with Crippen molar-refractivity contribution in [2.45, 2.75) is 95.4 Å². The molecule has 3 N–H and O–H groups in total. The van der Waals surface area contributed by atoms with Crippen LogP contribution in [0.3, 0.4) is 0 Å². The summed E-state index contributed by atoms with van der Waals surface area (Å²) in [5, 5.41) is 2.98. The van der Waals surface area contributed by atoms with Crippen LogP contribution >= 0.6 is 0 Å². The predicted octanol–water partition coefficient (Wildman–Crippen LogP) is 3.60. The minimum atomic E-state index is -0.645. The van der Waals surface area contributed by atoms with Gasteiger partial charge in [0.05, 0.1) is 0 Å². The van der Waals surface area contributed by atoms with Gasteiger partial charge in [0.1, 0.15) is 5.54 Å². The number of rotatable bonds is 7. The molecular weight excluding hydrogens is 376 g/mol. The minimum Gasteiger partial charge on any atom is -0.369 e. The fourth-order valence-corrected chi connectivity index (χ4v) is 6.63. The van der Waals surface area contributed by atoms with E-state index in [4.69, 9.17) is 10.7 Å². The number of likely N-dealkylation sites (N-methyl/N-ethyl adjacent to an activating group) is 1. The van der Waals surface area contributed by atoms with Crippen LogP contribution in [0.5, 0.6) is 0 Å². The van der Waals surface area contributed by atoms with Gasteiger partial charge in [-0.1, -0.05) is 51.4 Å². The molecule has 4 rings (SSSR count). The quantitative estimate of drug-likeness (QED) is 0.665. The highest BCUT2D eigenvalue weighted by atomic mass is 16.2. The second-order valence-electron chi connectivity index (χ2n) is 10.5. The summed E-state index contributed by atoms with van der Waals surface area (Å²) in [5.74, 6) is 2.78.